The number of hydrogen-bond donors (Lipinski definition) is 1. The van der Waals surface area contributed by atoms with Gasteiger partial charge < -0.3 is 5.11 Å². The first-order valence-electron chi connectivity index (χ1n) is 5.07. The van der Waals surface area contributed by atoms with E-state index in [0.29, 0.717) is 6.07 Å². The van der Waals surface area contributed by atoms with Crippen LogP contribution in [0.25, 0.3) is 0 Å². The molecule has 0 amide bonds. The summed E-state index contributed by atoms with van der Waals surface area (Å²) in [6.07, 6.45) is -1.35. The standard InChI is InChI=1S/C13H8BrF3O/c14-10-5-9(11(16)6-12(10)17)13(18)7-2-1-3-8(15)4-7/h1-6,13,18H. The Morgan fingerprint density at radius 3 is 2.39 bits per heavy atom. The third-order valence-electron chi connectivity index (χ3n) is 2.50. The van der Waals surface area contributed by atoms with Crippen molar-refractivity contribution in [3.05, 3.63) is 69.4 Å². The normalized spacial score (nSPS) is 12.5. The summed E-state index contributed by atoms with van der Waals surface area (Å²) in [6, 6.07) is 6.99. The predicted molar refractivity (Wildman–Crippen MR) is 64.5 cm³/mol. The van der Waals surface area contributed by atoms with Gasteiger partial charge in [0.25, 0.3) is 0 Å². The number of aliphatic hydroxyl groups is 1. The summed E-state index contributed by atoms with van der Waals surface area (Å²) in [5.74, 6) is -2.18. The van der Waals surface area contributed by atoms with Crippen LogP contribution < -0.4 is 0 Å². The third kappa shape index (κ3) is 2.57. The second-order valence-electron chi connectivity index (χ2n) is 3.75. The Morgan fingerprint density at radius 1 is 1.00 bits per heavy atom. The van der Waals surface area contributed by atoms with Crippen molar-refractivity contribution in [3.63, 3.8) is 0 Å². The Hall–Kier alpha value is -1.33. The molecular formula is C13H8BrF3O. The average Bonchev–Trinajstić information content (AvgIpc) is 2.33. The van der Waals surface area contributed by atoms with Crippen LogP contribution in [0.15, 0.2) is 40.9 Å². The van der Waals surface area contributed by atoms with Gasteiger partial charge in [-0.25, -0.2) is 13.2 Å². The maximum atomic E-state index is 13.6. The molecule has 0 aliphatic rings. The molecule has 2 aromatic carbocycles. The van der Waals surface area contributed by atoms with Gasteiger partial charge in [-0.2, -0.15) is 0 Å². The summed E-state index contributed by atoms with van der Waals surface area (Å²) in [4.78, 5) is 0. The zero-order valence-corrected chi connectivity index (χ0v) is 10.6. The van der Waals surface area contributed by atoms with Crippen LogP contribution in [0.2, 0.25) is 0 Å². The Balaban J connectivity index is 2.46. The van der Waals surface area contributed by atoms with Crippen LogP contribution in [-0.2, 0) is 0 Å². The molecular weight excluding hydrogens is 309 g/mol. The van der Waals surface area contributed by atoms with E-state index in [9.17, 15) is 18.3 Å². The van der Waals surface area contributed by atoms with Gasteiger partial charge in [0, 0.05) is 11.6 Å². The third-order valence-corrected chi connectivity index (χ3v) is 3.11. The largest absolute Gasteiger partial charge is 0.384 e. The van der Waals surface area contributed by atoms with Gasteiger partial charge in [-0.15, -0.1) is 0 Å². The second-order valence-corrected chi connectivity index (χ2v) is 4.60. The number of aliphatic hydroxyl groups excluding tert-OH is 1. The van der Waals surface area contributed by atoms with Gasteiger partial charge in [-0.3, -0.25) is 0 Å². The van der Waals surface area contributed by atoms with Gasteiger partial charge in [-0.05, 0) is 39.7 Å². The molecule has 2 aromatic rings. The molecule has 0 fully saturated rings. The van der Waals surface area contributed by atoms with E-state index in [2.05, 4.69) is 15.9 Å². The summed E-state index contributed by atoms with van der Waals surface area (Å²) in [5, 5.41) is 9.96. The molecule has 0 heterocycles. The quantitative estimate of drug-likeness (QED) is 0.832. The number of rotatable bonds is 2. The molecule has 5 heteroatoms. The zero-order valence-electron chi connectivity index (χ0n) is 9.00. The molecule has 2 rings (SSSR count). The summed E-state index contributed by atoms with van der Waals surface area (Å²) in [7, 11) is 0. The highest BCUT2D eigenvalue weighted by Crippen LogP contribution is 2.28. The Bertz CT molecular complexity index is 586. The molecule has 94 valence electrons. The minimum Gasteiger partial charge on any atom is -0.384 e. The van der Waals surface area contributed by atoms with Crippen LogP contribution >= 0.6 is 15.9 Å². The van der Waals surface area contributed by atoms with Gasteiger partial charge in [0.15, 0.2) is 0 Å². The van der Waals surface area contributed by atoms with E-state index < -0.39 is 23.6 Å². The van der Waals surface area contributed by atoms with E-state index in [1.54, 1.807) is 0 Å². The first kappa shape index (κ1) is 13.1. The highest BCUT2D eigenvalue weighted by Gasteiger charge is 2.17. The van der Waals surface area contributed by atoms with E-state index in [-0.39, 0.29) is 15.6 Å². The van der Waals surface area contributed by atoms with Crippen molar-refractivity contribution in [2.75, 3.05) is 0 Å². The van der Waals surface area contributed by atoms with Gasteiger partial charge in [0.1, 0.15) is 23.6 Å². The molecule has 1 nitrogen and oxygen atoms in total. The van der Waals surface area contributed by atoms with E-state index in [1.807, 2.05) is 0 Å². The van der Waals surface area contributed by atoms with Crippen molar-refractivity contribution < 1.29 is 18.3 Å². The molecule has 0 saturated heterocycles. The molecule has 0 aromatic heterocycles. The highest BCUT2D eigenvalue weighted by molar-refractivity contribution is 9.10. The molecule has 0 bridgehead atoms. The summed E-state index contributed by atoms with van der Waals surface area (Å²) in [5.41, 5.74) is 0.0845. The minimum atomic E-state index is -1.35. The van der Waals surface area contributed by atoms with Crippen molar-refractivity contribution in [3.8, 4) is 0 Å². The average molecular weight is 317 g/mol. The maximum absolute atomic E-state index is 13.6. The molecule has 0 radical (unpaired) electrons. The number of halogens is 4. The van der Waals surface area contributed by atoms with Crippen molar-refractivity contribution in [1.82, 2.24) is 0 Å². The van der Waals surface area contributed by atoms with Crippen molar-refractivity contribution in [2.45, 2.75) is 6.10 Å². The van der Waals surface area contributed by atoms with Crippen LogP contribution in [0.5, 0.6) is 0 Å². The lowest BCUT2D eigenvalue weighted by molar-refractivity contribution is 0.214. The first-order valence-corrected chi connectivity index (χ1v) is 5.86. The molecule has 0 aliphatic carbocycles. The Morgan fingerprint density at radius 2 is 1.72 bits per heavy atom. The fraction of sp³-hybridized carbons (Fsp3) is 0.0769. The lowest BCUT2D eigenvalue weighted by Gasteiger charge is -2.13. The Kier molecular flexibility index (Phi) is 3.73. The van der Waals surface area contributed by atoms with E-state index in [0.717, 1.165) is 12.1 Å². The molecule has 0 aliphatic heterocycles. The van der Waals surface area contributed by atoms with Crippen molar-refractivity contribution in [1.29, 1.82) is 0 Å². The number of hydrogen-bond acceptors (Lipinski definition) is 1. The lowest BCUT2D eigenvalue weighted by Crippen LogP contribution is -2.04. The van der Waals surface area contributed by atoms with Crippen LogP contribution in [0.3, 0.4) is 0 Å². The van der Waals surface area contributed by atoms with Crippen LogP contribution in [0, 0.1) is 17.5 Å². The van der Waals surface area contributed by atoms with Gasteiger partial charge in [0.2, 0.25) is 0 Å². The summed E-state index contributed by atoms with van der Waals surface area (Å²) < 4.78 is 39.7. The second kappa shape index (κ2) is 5.12. The Labute approximate surface area is 110 Å². The van der Waals surface area contributed by atoms with Gasteiger partial charge in [-0.1, -0.05) is 12.1 Å². The first-order chi connectivity index (χ1) is 8.49. The molecule has 1 N–H and O–H groups in total. The molecule has 1 atom stereocenters. The molecule has 0 spiro atoms. The van der Waals surface area contributed by atoms with Crippen molar-refractivity contribution in [2.24, 2.45) is 0 Å². The highest BCUT2D eigenvalue weighted by atomic mass is 79.9. The van der Waals surface area contributed by atoms with Crippen LogP contribution in [-0.4, -0.2) is 5.11 Å². The van der Waals surface area contributed by atoms with Crippen LogP contribution in [0.1, 0.15) is 17.2 Å². The number of benzene rings is 2. The lowest BCUT2D eigenvalue weighted by atomic mass is 10.0. The van der Waals surface area contributed by atoms with Crippen molar-refractivity contribution >= 4 is 15.9 Å². The van der Waals surface area contributed by atoms with E-state index >= 15 is 0 Å². The fourth-order valence-electron chi connectivity index (χ4n) is 1.60. The van der Waals surface area contributed by atoms with Gasteiger partial charge >= 0.3 is 0 Å². The fourth-order valence-corrected chi connectivity index (χ4v) is 1.96. The van der Waals surface area contributed by atoms with Crippen LogP contribution in [0.4, 0.5) is 13.2 Å². The monoisotopic (exact) mass is 316 g/mol. The topological polar surface area (TPSA) is 20.2 Å². The smallest absolute Gasteiger partial charge is 0.140 e. The van der Waals surface area contributed by atoms with E-state index in [4.69, 9.17) is 0 Å². The van der Waals surface area contributed by atoms with E-state index in [1.165, 1.54) is 18.2 Å². The maximum Gasteiger partial charge on any atom is 0.140 e. The SMILES string of the molecule is OC(c1cccc(F)c1)c1cc(Br)c(F)cc1F. The molecule has 0 saturated carbocycles. The molecule has 18 heavy (non-hydrogen) atoms. The minimum absolute atomic E-state index is 0.0364. The van der Waals surface area contributed by atoms with Gasteiger partial charge in [0.05, 0.1) is 4.47 Å². The molecule has 1 unspecified atom stereocenters. The predicted octanol–water partition coefficient (Wildman–Crippen LogP) is 3.95. The zero-order chi connectivity index (χ0) is 13.3. The summed E-state index contributed by atoms with van der Waals surface area (Å²) >= 11 is 2.91. The summed E-state index contributed by atoms with van der Waals surface area (Å²) in [6.45, 7) is 0.